The molecular formula is C14H19N3O. The summed E-state index contributed by atoms with van der Waals surface area (Å²) < 4.78 is 4.25. The summed E-state index contributed by atoms with van der Waals surface area (Å²) in [5.74, 6) is 0.488. The smallest absolute Gasteiger partial charge is 0.0948 e. The Balaban J connectivity index is 1.73. The molecule has 1 aliphatic rings. The van der Waals surface area contributed by atoms with Crippen LogP contribution in [-0.2, 0) is 13.1 Å². The second kappa shape index (κ2) is 4.61. The molecule has 1 aliphatic carbocycles. The fraction of sp³-hybridized carbons (Fsp3) is 0.500. The van der Waals surface area contributed by atoms with Crippen molar-refractivity contribution in [2.75, 3.05) is 0 Å². The number of aryl methyl sites for hydroxylation is 1. The molecule has 1 atom stereocenters. The fourth-order valence-electron chi connectivity index (χ4n) is 2.37. The molecular weight excluding hydrogens is 226 g/mol. The minimum atomic E-state index is -0.276. The summed E-state index contributed by atoms with van der Waals surface area (Å²) in [6.07, 6.45) is 9.90. The monoisotopic (exact) mass is 245 g/mol. The average molecular weight is 245 g/mol. The zero-order valence-electron chi connectivity index (χ0n) is 10.7. The molecule has 0 aliphatic heterocycles. The van der Waals surface area contributed by atoms with Crippen molar-refractivity contribution in [2.24, 2.45) is 5.92 Å². The van der Waals surface area contributed by atoms with Crippen LogP contribution in [0.25, 0.3) is 0 Å². The first-order valence-electron chi connectivity index (χ1n) is 6.60. The van der Waals surface area contributed by atoms with Gasteiger partial charge in [-0.1, -0.05) is 0 Å². The van der Waals surface area contributed by atoms with E-state index in [-0.39, 0.29) is 6.10 Å². The minimum absolute atomic E-state index is 0.276. The molecule has 4 heteroatoms. The van der Waals surface area contributed by atoms with Gasteiger partial charge in [-0.3, -0.25) is 0 Å². The third-order valence-electron chi connectivity index (χ3n) is 3.67. The lowest BCUT2D eigenvalue weighted by Crippen LogP contribution is -2.04. The molecule has 1 fully saturated rings. The Hall–Kier alpha value is -1.55. The lowest BCUT2D eigenvalue weighted by molar-refractivity contribution is 0.154. The maximum Gasteiger partial charge on any atom is 0.0948 e. The van der Waals surface area contributed by atoms with Crippen LogP contribution in [0.2, 0.25) is 0 Å². The third kappa shape index (κ3) is 2.20. The highest BCUT2D eigenvalue weighted by Crippen LogP contribution is 2.40. The maximum atomic E-state index is 10.1. The van der Waals surface area contributed by atoms with Crippen LogP contribution >= 0.6 is 0 Å². The van der Waals surface area contributed by atoms with Gasteiger partial charge in [0.25, 0.3) is 0 Å². The van der Waals surface area contributed by atoms with Crippen molar-refractivity contribution >= 4 is 0 Å². The summed E-state index contributed by atoms with van der Waals surface area (Å²) in [5, 5.41) is 10.1. The molecule has 2 aromatic rings. The van der Waals surface area contributed by atoms with Crippen LogP contribution in [0.5, 0.6) is 0 Å². The zero-order valence-corrected chi connectivity index (χ0v) is 10.7. The van der Waals surface area contributed by atoms with E-state index in [4.69, 9.17) is 0 Å². The number of aliphatic hydroxyl groups is 1. The largest absolute Gasteiger partial charge is 0.388 e. The van der Waals surface area contributed by atoms with Crippen LogP contribution in [0, 0.1) is 5.92 Å². The standard InChI is InChI=1S/C14H19N3O/c1-2-17-10-15-7-13(17)9-16-6-5-12(8-16)14(18)11-3-4-11/h5-8,10-11,14,18H,2-4,9H2,1H3. The quantitative estimate of drug-likeness (QED) is 0.877. The van der Waals surface area contributed by atoms with Gasteiger partial charge in [-0.05, 0) is 37.3 Å². The third-order valence-corrected chi connectivity index (χ3v) is 3.67. The normalized spacial score (nSPS) is 17.0. The van der Waals surface area contributed by atoms with E-state index in [1.54, 1.807) is 0 Å². The van der Waals surface area contributed by atoms with Gasteiger partial charge in [-0.25, -0.2) is 4.98 Å². The van der Waals surface area contributed by atoms with Crippen molar-refractivity contribution in [2.45, 2.75) is 39.0 Å². The molecule has 0 amide bonds. The highest BCUT2D eigenvalue weighted by atomic mass is 16.3. The second-order valence-electron chi connectivity index (χ2n) is 5.07. The van der Waals surface area contributed by atoms with Crippen molar-refractivity contribution in [3.8, 4) is 0 Å². The zero-order chi connectivity index (χ0) is 12.5. The number of nitrogens with zero attached hydrogens (tertiary/aromatic N) is 3. The first-order valence-corrected chi connectivity index (χ1v) is 6.60. The van der Waals surface area contributed by atoms with Gasteiger partial charge < -0.3 is 14.2 Å². The van der Waals surface area contributed by atoms with Gasteiger partial charge in [-0.15, -0.1) is 0 Å². The van der Waals surface area contributed by atoms with Crippen LogP contribution in [0.15, 0.2) is 31.0 Å². The van der Waals surface area contributed by atoms with Gasteiger partial charge in [0, 0.05) is 25.1 Å². The lowest BCUT2D eigenvalue weighted by atomic mass is 10.1. The van der Waals surface area contributed by atoms with Crippen molar-refractivity contribution in [1.29, 1.82) is 0 Å². The van der Waals surface area contributed by atoms with E-state index in [2.05, 4.69) is 27.2 Å². The predicted molar refractivity (Wildman–Crippen MR) is 69.1 cm³/mol. The van der Waals surface area contributed by atoms with Gasteiger partial charge in [0.2, 0.25) is 0 Å². The van der Waals surface area contributed by atoms with Gasteiger partial charge in [0.1, 0.15) is 0 Å². The SMILES string of the molecule is CCn1cncc1Cn1ccc(C(O)C2CC2)c1. The van der Waals surface area contributed by atoms with Crippen LogP contribution in [0.1, 0.15) is 37.1 Å². The van der Waals surface area contributed by atoms with Crippen LogP contribution in [0.3, 0.4) is 0 Å². The van der Waals surface area contributed by atoms with Gasteiger partial charge in [0.15, 0.2) is 0 Å². The molecule has 1 N–H and O–H groups in total. The molecule has 3 rings (SSSR count). The number of rotatable bonds is 5. The summed E-state index contributed by atoms with van der Waals surface area (Å²) in [4.78, 5) is 4.17. The summed E-state index contributed by atoms with van der Waals surface area (Å²) in [6.45, 7) is 3.86. The van der Waals surface area contributed by atoms with Gasteiger partial charge >= 0.3 is 0 Å². The highest BCUT2D eigenvalue weighted by molar-refractivity contribution is 5.17. The summed E-state index contributed by atoms with van der Waals surface area (Å²) >= 11 is 0. The summed E-state index contributed by atoms with van der Waals surface area (Å²) in [5.41, 5.74) is 2.24. The molecule has 0 saturated heterocycles. The Morgan fingerprint density at radius 1 is 1.50 bits per heavy atom. The first kappa shape index (κ1) is 11.5. The Morgan fingerprint density at radius 3 is 3.06 bits per heavy atom. The molecule has 18 heavy (non-hydrogen) atoms. The Kier molecular flexibility index (Phi) is 2.96. The second-order valence-corrected chi connectivity index (χ2v) is 5.07. The minimum Gasteiger partial charge on any atom is -0.388 e. The Morgan fingerprint density at radius 2 is 2.33 bits per heavy atom. The molecule has 4 nitrogen and oxygen atoms in total. The molecule has 0 radical (unpaired) electrons. The molecule has 0 spiro atoms. The van der Waals surface area contributed by atoms with Gasteiger partial charge in [-0.2, -0.15) is 0 Å². The maximum absolute atomic E-state index is 10.1. The Bertz CT molecular complexity index is 525. The van der Waals surface area contributed by atoms with E-state index in [0.29, 0.717) is 5.92 Å². The van der Waals surface area contributed by atoms with Gasteiger partial charge in [0.05, 0.1) is 24.7 Å². The van der Waals surface area contributed by atoms with Crippen molar-refractivity contribution in [1.82, 2.24) is 14.1 Å². The molecule has 2 aromatic heterocycles. The number of aliphatic hydroxyl groups excluding tert-OH is 1. The molecule has 1 unspecified atom stereocenters. The number of imidazole rings is 1. The van der Waals surface area contributed by atoms with Crippen molar-refractivity contribution in [3.63, 3.8) is 0 Å². The summed E-state index contributed by atoms with van der Waals surface area (Å²) in [6, 6.07) is 2.02. The lowest BCUT2D eigenvalue weighted by Gasteiger charge is -2.07. The molecule has 0 aromatic carbocycles. The fourth-order valence-corrected chi connectivity index (χ4v) is 2.37. The molecule has 2 heterocycles. The molecule has 96 valence electrons. The molecule has 1 saturated carbocycles. The van der Waals surface area contributed by atoms with Crippen molar-refractivity contribution < 1.29 is 5.11 Å². The number of hydrogen-bond acceptors (Lipinski definition) is 2. The van der Waals surface area contributed by atoms with E-state index < -0.39 is 0 Å². The van der Waals surface area contributed by atoms with E-state index >= 15 is 0 Å². The van der Waals surface area contributed by atoms with Crippen LogP contribution < -0.4 is 0 Å². The van der Waals surface area contributed by atoms with Crippen molar-refractivity contribution in [3.05, 3.63) is 42.2 Å². The average Bonchev–Trinajstić information content (AvgIpc) is 2.96. The van der Waals surface area contributed by atoms with E-state index in [9.17, 15) is 5.11 Å². The Labute approximate surface area is 107 Å². The molecule has 0 bridgehead atoms. The van der Waals surface area contributed by atoms with E-state index in [1.165, 1.54) is 5.69 Å². The number of aromatic nitrogens is 3. The number of hydrogen-bond donors (Lipinski definition) is 1. The summed E-state index contributed by atoms with van der Waals surface area (Å²) in [7, 11) is 0. The van der Waals surface area contributed by atoms with E-state index in [0.717, 1.165) is 31.5 Å². The first-order chi connectivity index (χ1) is 8.78. The van der Waals surface area contributed by atoms with Crippen LogP contribution in [0.4, 0.5) is 0 Å². The van der Waals surface area contributed by atoms with Crippen LogP contribution in [-0.4, -0.2) is 19.2 Å². The highest BCUT2D eigenvalue weighted by Gasteiger charge is 2.31. The van der Waals surface area contributed by atoms with E-state index in [1.807, 2.05) is 24.8 Å². The topological polar surface area (TPSA) is 43.0 Å². The predicted octanol–water partition coefficient (Wildman–Crippen LogP) is 2.20.